The van der Waals surface area contributed by atoms with Crippen LogP contribution in [0.5, 0.6) is 5.75 Å². The fraction of sp³-hybridized carbons (Fsp3) is 0.300. The fourth-order valence-electron chi connectivity index (χ4n) is 2.61. The minimum Gasteiger partial charge on any atom is -0.497 e. The number of ether oxygens (including phenoxy) is 1. The van der Waals surface area contributed by atoms with Crippen molar-refractivity contribution < 1.29 is 14.3 Å². The van der Waals surface area contributed by atoms with Crippen molar-refractivity contribution >= 4 is 29.1 Å². The van der Waals surface area contributed by atoms with E-state index in [0.717, 1.165) is 17.0 Å². The number of methoxy groups -OCH3 is 1. The average Bonchev–Trinajstić information content (AvgIpc) is 2.65. The van der Waals surface area contributed by atoms with E-state index in [-0.39, 0.29) is 18.9 Å². The SMILES string of the molecule is COc1ccc(N(CCC(N)=O)CC(=O)NCCc2cccc(Cl)c2)cc1. The molecule has 2 aromatic rings. The Bertz CT molecular complexity index is 765. The first kappa shape index (κ1) is 20.6. The number of amides is 2. The van der Waals surface area contributed by atoms with Crippen molar-refractivity contribution in [1.82, 2.24) is 5.32 Å². The molecule has 0 radical (unpaired) electrons. The van der Waals surface area contributed by atoms with Gasteiger partial charge in [0.2, 0.25) is 11.8 Å². The van der Waals surface area contributed by atoms with E-state index in [4.69, 9.17) is 22.1 Å². The molecule has 144 valence electrons. The first-order valence-corrected chi connectivity index (χ1v) is 9.04. The summed E-state index contributed by atoms with van der Waals surface area (Å²) in [4.78, 5) is 25.3. The van der Waals surface area contributed by atoms with Crippen molar-refractivity contribution in [1.29, 1.82) is 0 Å². The highest BCUT2D eigenvalue weighted by atomic mass is 35.5. The Morgan fingerprint density at radius 1 is 1.19 bits per heavy atom. The van der Waals surface area contributed by atoms with E-state index in [2.05, 4.69) is 5.32 Å². The molecule has 0 aliphatic carbocycles. The van der Waals surface area contributed by atoms with Crippen molar-refractivity contribution in [3.63, 3.8) is 0 Å². The Morgan fingerprint density at radius 2 is 1.93 bits per heavy atom. The van der Waals surface area contributed by atoms with E-state index >= 15 is 0 Å². The van der Waals surface area contributed by atoms with Crippen LogP contribution < -0.4 is 20.7 Å². The number of primary amides is 1. The molecule has 2 aromatic carbocycles. The molecule has 6 nitrogen and oxygen atoms in total. The number of nitrogens with one attached hydrogen (secondary N) is 1. The molecule has 2 amide bonds. The Morgan fingerprint density at radius 3 is 2.56 bits per heavy atom. The van der Waals surface area contributed by atoms with Crippen LogP contribution in [0.2, 0.25) is 5.02 Å². The van der Waals surface area contributed by atoms with Crippen molar-refractivity contribution in [2.75, 3.05) is 31.6 Å². The fourth-order valence-corrected chi connectivity index (χ4v) is 2.82. The summed E-state index contributed by atoms with van der Waals surface area (Å²) in [6.45, 7) is 1.00. The molecule has 0 atom stereocenters. The van der Waals surface area contributed by atoms with E-state index in [0.29, 0.717) is 24.5 Å². The van der Waals surface area contributed by atoms with Crippen LogP contribution in [0.25, 0.3) is 0 Å². The van der Waals surface area contributed by atoms with Gasteiger partial charge < -0.3 is 20.7 Å². The lowest BCUT2D eigenvalue weighted by Crippen LogP contribution is -2.39. The van der Waals surface area contributed by atoms with Gasteiger partial charge in [-0.05, 0) is 48.4 Å². The smallest absolute Gasteiger partial charge is 0.239 e. The summed E-state index contributed by atoms with van der Waals surface area (Å²) in [5, 5.41) is 3.57. The van der Waals surface area contributed by atoms with E-state index in [1.165, 1.54) is 0 Å². The maximum Gasteiger partial charge on any atom is 0.239 e. The summed E-state index contributed by atoms with van der Waals surface area (Å²) < 4.78 is 5.15. The maximum absolute atomic E-state index is 12.3. The molecule has 0 saturated carbocycles. The molecule has 0 saturated heterocycles. The Kier molecular flexibility index (Phi) is 7.95. The summed E-state index contributed by atoms with van der Waals surface area (Å²) in [5.41, 5.74) is 7.14. The van der Waals surface area contributed by atoms with Gasteiger partial charge in [0.05, 0.1) is 13.7 Å². The normalized spacial score (nSPS) is 10.3. The zero-order valence-electron chi connectivity index (χ0n) is 15.3. The van der Waals surface area contributed by atoms with Gasteiger partial charge in [-0.1, -0.05) is 23.7 Å². The van der Waals surface area contributed by atoms with Crippen LogP contribution in [0, 0.1) is 0 Å². The molecule has 7 heteroatoms. The first-order chi connectivity index (χ1) is 13.0. The monoisotopic (exact) mass is 389 g/mol. The molecule has 0 spiro atoms. The Hall–Kier alpha value is -2.73. The lowest BCUT2D eigenvalue weighted by atomic mass is 10.1. The zero-order valence-corrected chi connectivity index (χ0v) is 16.0. The Balaban J connectivity index is 1.92. The molecule has 0 unspecified atom stereocenters. The molecule has 0 heterocycles. The van der Waals surface area contributed by atoms with E-state index in [1.54, 1.807) is 7.11 Å². The van der Waals surface area contributed by atoms with Crippen molar-refractivity contribution in [3.05, 3.63) is 59.1 Å². The molecular weight excluding hydrogens is 366 g/mol. The van der Waals surface area contributed by atoms with Gasteiger partial charge in [-0.2, -0.15) is 0 Å². The van der Waals surface area contributed by atoms with Gasteiger partial charge in [-0.25, -0.2) is 0 Å². The summed E-state index contributed by atoms with van der Waals surface area (Å²) in [6, 6.07) is 14.9. The minimum atomic E-state index is -0.408. The number of anilines is 1. The van der Waals surface area contributed by atoms with Crippen LogP contribution in [0.4, 0.5) is 5.69 Å². The van der Waals surface area contributed by atoms with Crippen LogP contribution in [0.1, 0.15) is 12.0 Å². The number of nitrogens with two attached hydrogens (primary N) is 1. The molecule has 27 heavy (non-hydrogen) atoms. The number of hydrogen-bond acceptors (Lipinski definition) is 4. The number of halogens is 1. The number of carbonyl (C=O) groups excluding carboxylic acids is 2. The summed E-state index contributed by atoms with van der Waals surface area (Å²) in [7, 11) is 1.59. The van der Waals surface area contributed by atoms with Crippen LogP contribution >= 0.6 is 11.6 Å². The van der Waals surface area contributed by atoms with Gasteiger partial charge in [0.15, 0.2) is 0 Å². The van der Waals surface area contributed by atoms with E-state index in [9.17, 15) is 9.59 Å². The number of hydrogen-bond donors (Lipinski definition) is 2. The topological polar surface area (TPSA) is 84.7 Å². The second kappa shape index (κ2) is 10.4. The largest absolute Gasteiger partial charge is 0.497 e. The highest BCUT2D eigenvalue weighted by Crippen LogP contribution is 2.19. The Labute approximate surface area is 164 Å². The van der Waals surface area contributed by atoms with Crippen LogP contribution in [-0.2, 0) is 16.0 Å². The van der Waals surface area contributed by atoms with Gasteiger partial charge in [0, 0.05) is 30.2 Å². The van der Waals surface area contributed by atoms with Crippen LogP contribution in [-0.4, -0.2) is 38.6 Å². The van der Waals surface area contributed by atoms with Gasteiger partial charge in [0.25, 0.3) is 0 Å². The third-order valence-corrected chi connectivity index (χ3v) is 4.26. The van der Waals surface area contributed by atoms with Crippen LogP contribution in [0.3, 0.4) is 0 Å². The maximum atomic E-state index is 12.3. The third kappa shape index (κ3) is 7.19. The summed E-state index contributed by atoms with van der Waals surface area (Å²) in [6.07, 6.45) is 0.859. The quantitative estimate of drug-likeness (QED) is 0.653. The predicted octanol–water partition coefficient (Wildman–Crippen LogP) is 2.39. The first-order valence-electron chi connectivity index (χ1n) is 8.66. The summed E-state index contributed by atoms with van der Waals surface area (Å²) >= 11 is 5.96. The number of nitrogens with zero attached hydrogens (tertiary/aromatic N) is 1. The zero-order chi connectivity index (χ0) is 19.6. The lowest BCUT2D eigenvalue weighted by molar-refractivity contribution is -0.120. The van der Waals surface area contributed by atoms with Gasteiger partial charge in [-0.15, -0.1) is 0 Å². The molecule has 3 N–H and O–H groups in total. The van der Waals surface area contributed by atoms with Crippen molar-refractivity contribution in [2.24, 2.45) is 5.73 Å². The lowest BCUT2D eigenvalue weighted by Gasteiger charge is -2.24. The highest BCUT2D eigenvalue weighted by Gasteiger charge is 2.13. The molecule has 0 bridgehead atoms. The molecule has 0 aliphatic heterocycles. The van der Waals surface area contributed by atoms with Gasteiger partial charge in [0.1, 0.15) is 5.75 Å². The number of rotatable bonds is 10. The third-order valence-electron chi connectivity index (χ3n) is 4.03. The second-order valence-corrected chi connectivity index (χ2v) is 6.50. The van der Waals surface area contributed by atoms with E-state index < -0.39 is 5.91 Å². The standard InChI is InChI=1S/C20H24ClN3O3/c1-27-18-7-5-17(6-8-18)24(12-10-19(22)25)14-20(26)23-11-9-15-3-2-4-16(21)13-15/h2-8,13H,9-12,14H2,1H3,(H2,22,25)(H,23,26). The average molecular weight is 390 g/mol. The molecule has 0 fully saturated rings. The highest BCUT2D eigenvalue weighted by molar-refractivity contribution is 6.30. The minimum absolute atomic E-state index is 0.127. The second-order valence-electron chi connectivity index (χ2n) is 6.07. The molecule has 2 rings (SSSR count). The van der Waals surface area contributed by atoms with Gasteiger partial charge >= 0.3 is 0 Å². The molecule has 0 aromatic heterocycles. The van der Waals surface area contributed by atoms with Gasteiger partial charge in [-0.3, -0.25) is 9.59 Å². The van der Waals surface area contributed by atoms with Crippen LogP contribution in [0.15, 0.2) is 48.5 Å². The molecular formula is C20H24ClN3O3. The number of benzene rings is 2. The summed E-state index contributed by atoms with van der Waals surface area (Å²) in [5.74, 6) is 0.187. The van der Waals surface area contributed by atoms with E-state index in [1.807, 2.05) is 53.4 Å². The van der Waals surface area contributed by atoms with Crippen molar-refractivity contribution in [3.8, 4) is 5.75 Å². The number of carbonyl (C=O) groups is 2. The molecule has 0 aliphatic rings. The predicted molar refractivity (Wildman–Crippen MR) is 107 cm³/mol. The van der Waals surface area contributed by atoms with Crippen molar-refractivity contribution in [2.45, 2.75) is 12.8 Å².